The van der Waals surface area contributed by atoms with Crippen LogP contribution >= 0.6 is 0 Å². The number of ether oxygens (including phenoxy) is 1. The predicted octanol–water partition coefficient (Wildman–Crippen LogP) is 1.42. The lowest BCUT2D eigenvalue weighted by molar-refractivity contribution is -0.116. The molecule has 0 saturated heterocycles. The molecule has 0 fully saturated rings. The van der Waals surface area contributed by atoms with E-state index < -0.39 is 16.0 Å². The van der Waals surface area contributed by atoms with Crippen LogP contribution in [0.3, 0.4) is 0 Å². The van der Waals surface area contributed by atoms with Crippen molar-refractivity contribution in [1.82, 2.24) is 3.97 Å². The van der Waals surface area contributed by atoms with E-state index in [1.54, 1.807) is 17.0 Å². The Morgan fingerprint density at radius 2 is 1.96 bits per heavy atom. The van der Waals surface area contributed by atoms with Crippen LogP contribution in [0.15, 0.2) is 41.6 Å². The molecule has 0 atom stereocenters. The summed E-state index contributed by atoms with van der Waals surface area (Å²) in [5, 5.41) is 0. The Morgan fingerprint density at radius 3 is 2.62 bits per heavy atom. The molecule has 7 nitrogen and oxygen atoms in total. The Morgan fingerprint density at radius 1 is 1.21 bits per heavy atom. The van der Waals surface area contributed by atoms with Crippen LogP contribution in [0.1, 0.15) is 22.8 Å². The Hall–Kier alpha value is -2.61. The third kappa shape index (κ3) is 2.58. The number of hydrogen-bond donors (Lipinski definition) is 0. The standard InChI is InChI=1S/C16H16N2O5S/c1-11(19)18-8-6-12-9-14(3-4-15(12)18)24(21,22)17-7-5-13(10-17)16(20)23-2/h3-5,7,9-10H,6,8H2,1-2H3. The average Bonchev–Trinajstić information content (AvgIpc) is 3.20. The summed E-state index contributed by atoms with van der Waals surface area (Å²) in [6, 6.07) is 6.06. The zero-order valence-electron chi connectivity index (χ0n) is 13.2. The van der Waals surface area contributed by atoms with Crippen molar-refractivity contribution in [1.29, 1.82) is 0 Å². The van der Waals surface area contributed by atoms with E-state index in [0.29, 0.717) is 13.0 Å². The Kier molecular flexibility index (Phi) is 3.92. The number of fused-ring (bicyclic) bond motifs is 1. The number of methoxy groups -OCH3 is 1. The van der Waals surface area contributed by atoms with Crippen LogP contribution in [0.5, 0.6) is 0 Å². The van der Waals surface area contributed by atoms with Gasteiger partial charge in [0.1, 0.15) is 0 Å². The highest BCUT2D eigenvalue weighted by atomic mass is 32.2. The highest BCUT2D eigenvalue weighted by Crippen LogP contribution is 2.30. The molecule has 1 aliphatic heterocycles. The summed E-state index contributed by atoms with van der Waals surface area (Å²) in [4.78, 5) is 24.8. The van der Waals surface area contributed by atoms with E-state index in [9.17, 15) is 18.0 Å². The molecule has 0 unspecified atom stereocenters. The quantitative estimate of drug-likeness (QED) is 0.783. The van der Waals surface area contributed by atoms with Crippen molar-refractivity contribution in [2.75, 3.05) is 18.6 Å². The van der Waals surface area contributed by atoms with Crippen LogP contribution in [-0.2, 0) is 26.0 Å². The van der Waals surface area contributed by atoms with Crippen molar-refractivity contribution in [3.05, 3.63) is 47.8 Å². The summed E-state index contributed by atoms with van der Waals surface area (Å²) < 4.78 is 31.0. The maximum Gasteiger partial charge on any atom is 0.339 e. The van der Waals surface area contributed by atoms with Gasteiger partial charge < -0.3 is 9.64 Å². The van der Waals surface area contributed by atoms with Gasteiger partial charge in [-0.15, -0.1) is 0 Å². The van der Waals surface area contributed by atoms with Crippen molar-refractivity contribution in [2.45, 2.75) is 18.2 Å². The van der Waals surface area contributed by atoms with Gasteiger partial charge in [-0.05, 0) is 36.2 Å². The van der Waals surface area contributed by atoms with Crippen LogP contribution in [0.4, 0.5) is 5.69 Å². The van der Waals surface area contributed by atoms with Crippen molar-refractivity contribution < 1.29 is 22.7 Å². The molecule has 0 spiro atoms. The van der Waals surface area contributed by atoms with Gasteiger partial charge in [-0.2, -0.15) is 0 Å². The maximum absolute atomic E-state index is 12.7. The third-order valence-corrected chi connectivity index (χ3v) is 5.62. The Bertz CT molecular complexity index is 930. The smallest absolute Gasteiger partial charge is 0.339 e. The average molecular weight is 348 g/mol. The first kappa shape index (κ1) is 16.3. The van der Waals surface area contributed by atoms with Gasteiger partial charge in [0.15, 0.2) is 0 Å². The molecule has 1 aromatic carbocycles. The summed E-state index contributed by atoms with van der Waals surface area (Å²) in [5.41, 5.74) is 1.71. The molecule has 8 heteroatoms. The minimum atomic E-state index is -3.81. The highest BCUT2D eigenvalue weighted by Gasteiger charge is 2.25. The summed E-state index contributed by atoms with van der Waals surface area (Å²) in [7, 11) is -2.58. The largest absolute Gasteiger partial charge is 0.465 e. The van der Waals surface area contributed by atoms with Gasteiger partial charge in [0.25, 0.3) is 10.0 Å². The number of nitrogens with zero attached hydrogens (tertiary/aromatic N) is 2. The van der Waals surface area contributed by atoms with Crippen LogP contribution in [0.2, 0.25) is 0 Å². The van der Waals surface area contributed by atoms with E-state index in [0.717, 1.165) is 15.2 Å². The number of aromatic nitrogens is 1. The zero-order chi connectivity index (χ0) is 17.5. The van der Waals surface area contributed by atoms with E-state index in [2.05, 4.69) is 4.74 Å². The van der Waals surface area contributed by atoms with Gasteiger partial charge in [-0.3, -0.25) is 4.79 Å². The topological polar surface area (TPSA) is 85.7 Å². The summed E-state index contributed by atoms with van der Waals surface area (Å²) in [6.07, 6.45) is 3.13. The first-order chi connectivity index (χ1) is 11.3. The fourth-order valence-corrected chi connectivity index (χ4v) is 4.00. The number of hydrogen-bond acceptors (Lipinski definition) is 5. The maximum atomic E-state index is 12.7. The SMILES string of the molecule is COC(=O)c1ccn(S(=O)(=O)c2ccc3c(c2)CCN3C(C)=O)c1. The molecule has 1 aliphatic rings. The Balaban J connectivity index is 1.98. The summed E-state index contributed by atoms with van der Waals surface area (Å²) in [5.74, 6) is -0.674. The van der Waals surface area contributed by atoms with E-state index in [-0.39, 0.29) is 16.4 Å². The molecule has 0 N–H and O–H groups in total. The number of carbonyl (C=O) groups is 2. The summed E-state index contributed by atoms with van der Waals surface area (Å²) in [6.45, 7) is 2.03. The second kappa shape index (κ2) is 5.79. The fourth-order valence-electron chi connectivity index (χ4n) is 2.75. The van der Waals surface area contributed by atoms with Crippen molar-refractivity contribution in [2.24, 2.45) is 0 Å². The number of rotatable bonds is 3. The number of benzene rings is 1. The molecular formula is C16H16N2O5S. The van der Waals surface area contributed by atoms with Crippen molar-refractivity contribution in [3.8, 4) is 0 Å². The molecule has 1 amide bonds. The minimum Gasteiger partial charge on any atom is -0.465 e. The van der Waals surface area contributed by atoms with Gasteiger partial charge in [-0.25, -0.2) is 17.2 Å². The van der Waals surface area contributed by atoms with Crippen molar-refractivity contribution in [3.63, 3.8) is 0 Å². The molecule has 2 aromatic rings. The lowest BCUT2D eigenvalue weighted by atomic mass is 10.2. The van der Waals surface area contributed by atoms with Gasteiger partial charge in [-0.1, -0.05) is 0 Å². The zero-order valence-corrected chi connectivity index (χ0v) is 14.0. The number of amides is 1. The van der Waals surface area contributed by atoms with Crippen molar-refractivity contribution >= 4 is 27.6 Å². The highest BCUT2D eigenvalue weighted by molar-refractivity contribution is 7.90. The molecule has 3 rings (SSSR count). The first-order valence-corrected chi connectivity index (χ1v) is 8.71. The lowest BCUT2D eigenvalue weighted by Gasteiger charge is -2.15. The molecule has 0 radical (unpaired) electrons. The number of anilines is 1. The Labute approximate surface area is 139 Å². The van der Waals surface area contributed by atoms with Gasteiger partial charge in [0.2, 0.25) is 5.91 Å². The molecule has 0 saturated carbocycles. The van der Waals surface area contributed by atoms with Crippen LogP contribution in [0, 0.1) is 0 Å². The molecule has 0 bridgehead atoms. The minimum absolute atomic E-state index is 0.0718. The van der Waals surface area contributed by atoms with Crippen LogP contribution < -0.4 is 4.90 Å². The van der Waals surface area contributed by atoms with Gasteiger partial charge >= 0.3 is 5.97 Å². The molecule has 2 heterocycles. The molecule has 1 aromatic heterocycles. The first-order valence-electron chi connectivity index (χ1n) is 7.27. The van der Waals surface area contributed by atoms with E-state index in [1.165, 1.54) is 38.6 Å². The second-order valence-electron chi connectivity index (χ2n) is 5.44. The molecule has 126 valence electrons. The number of esters is 1. The number of carbonyl (C=O) groups excluding carboxylic acids is 2. The third-order valence-electron chi connectivity index (χ3n) is 3.99. The molecule has 24 heavy (non-hydrogen) atoms. The van der Waals surface area contributed by atoms with Gasteiger partial charge in [0.05, 0.1) is 17.6 Å². The normalized spacial score (nSPS) is 13.7. The van der Waals surface area contributed by atoms with Crippen LogP contribution in [0.25, 0.3) is 0 Å². The monoisotopic (exact) mass is 348 g/mol. The molecule has 0 aliphatic carbocycles. The van der Waals surface area contributed by atoms with E-state index in [4.69, 9.17) is 0 Å². The predicted molar refractivity (Wildman–Crippen MR) is 86.5 cm³/mol. The van der Waals surface area contributed by atoms with Crippen LogP contribution in [-0.4, -0.2) is 37.9 Å². The van der Waals surface area contributed by atoms with E-state index in [1.807, 2.05) is 0 Å². The summed E-state index contributed by atoms with van der Waals surface area (Å²) >= 11 is 0. The van der Waals surface area contributed by atoms with E-state index >= 15 is 0 Å². The van der Waals surface area contributed by atoms with Gasteiger partial charge in [0, 0.05) is 31.5 Å². The fraction of sp³-hybridized carbons (Fsp3) is 0.250. The second-order valence-corrected chi connectivity index (χ2v) is 7.28. The molecular weight excluding hydrogens is 332 g/mol. The lowest BCUT2D eigenvalue weighted by Crippen LogP contribution is -2.25.